The van der Waals surface area contributed by atoms with Crippen molar-refractivity contribution >= 4 is 26.7 Å². The highest BCUT2D eigenvalue weighted by Gasteiger charge is 2.11. The Bertz CT molecular complexity index is 928. The van der Waals surface area contributed by atoms with Crippen LogP contribution in [0.1, 0.15) is 20.3 Å². The van der Waals surface area contributed by atoms with Gasteiger partial charge in [0.25, 0.3) is 0 Å². The van der Waals surface area contributed by atoms with Crippen molar-refractivity contribution in [2.45, 2.75) is 20.3 Å². The van der Waals surface area contributed by atoms with Crippen molar-refractivity contribution < 1.29 is 8.42 Å². The summed E-state index contributed by atoms with van der Waals surface area (Å²) in [5.74, 6) is 0.497. The van der Waals surface area contributed by atoms with Crippen molar-refractivity contribution in [2.75, 3.05) is 10.5 Å². The lowest BCUT2D eigenvalue weighted by molar-refractivity contribution is 0.578. The Kier molecular flexibility index (Phi) is 4.57. The lowest BCUT2D eigenvalue weighted by Gasteiger charge is -2.10. The second-order valence-electron chi connectivity index (χ2n) is 6.25. The fourth-order valence-corrected chi connectivity index (χ4v) is 3.86. The first kappa shape index (κ1) is 16.5. The molecule has 3 aromatic rings. The van der Waals surface area contributed by atoms with Gasteiger partial charge in [0.15, 0.2) is 0 Å². The molecule has 0 atom stereocenters. The molecule has 1 heterocycles. The maximum absolute atomic E-state index is 12.1. The number of imidazole rings is 1. The van der Waals surface area contributed by atoms with Gasteiger partial charge in [0.05, 0.1) is 16.8 Å². The second kappa shape index (κ2) is 6.65. The molecule has 5 nitrogen and oxygen atoms in total. The van der Waals surface area contributed by atoms with Crippen LogP contribution < -0.4 is 4.72 Å². The fourth-order valence-electron chi connectivity index (χ4n) is 2.48. The molecule has 6 heteroatoms. The average Bonchev–Trinajstić information content (AvgIpc) is 2.98. The third-order valence-corrected chi connectivity index (χ3v) is 5.16. The van der Waals surface area contributed by atoms with Crippen LogP contribution in [0.2, 0.25) is 0 Å². The molecule has 1 N–H and O–H groups in total. The van der Waals surface area contributed by atoms with Crippen LogP contribution in [0.15, 0.2) is 54.9 Å². The lowest BCUT2D eigenvalue weighted by Crippen LogP contribution is -2.17. The SMILES string of the molecule is CC(C)CCS(=O)(=O)Nc1ccc(-n2cnc3ccccc32)cc1. The Morgan fingerprint density at radius 1 is 1.08 bits per heavy atom. The molecule has 0 radical (unpaired) electrons. The van der Waals surface area contributed by atoms with Gasteiger partial charge in [-0.2, -0.15) is 0 Å². The summed E-state index contributed by atoms with van der Waals surface area (Å²) >= 11 is 0. The predicted molar refractivity (Wildman–Crippen MR) is 97.9 cm³/mol. The number of hydrogen-bond acceptors (Lipinski definition) is 3. The summed E-state index contributed by atoms with van der Waals surface area (Å²) in [6, 6.07) is 15.2. The van der Waals surface area contributed by atoms with Crippen LogP contribution in [-0.4, -0.2) is 23.7 Å². The van der Waals surface area contributed by atoms with E-state index < -0.39 is 10.0 Å². The van der Waals surface area contributed by atoms with Crippen molar-refractivity contribution in [2.24, 2.45) is 5.92 Å². The third-order valence-electron chi connectivity index (χ3n) is 3.84. The topological polar surface area (TPSA) is 64.0 Å². The third kappa shape index (κ3) is 3.76. The van der Waals surface area contributed by atoms with Crippen LogP contribution in [0.5, 0.6) is 0 Å². The maximum Gasteiger partial charge on any atom is 0.232 e. The van der Waals surface area contributed by atoms with Crippen LogP contribution in [0, 0.1) is 5.92 Å². The quantitative estimate of drug-likeness (QED) is 0.740. The number of nitrogens with zero attached hydrogens (tertiary/aromatic N) is 2. The van der Waals surface area contributed by atoms with Gasteiger partial charge in [-0.05, 0) is 48.7 Å². The van der Waals surface area contributed by atoms with Gasteiger partial charge in [-0.1, -0.05) is 26.0 Å². The number of para-hydroxylation sites is 2. The second-order valence-corrected chi connectivity index (χ2v) is 8.10. The summed E-state index contributed by atoms with van der Waals surface area (Å²) in [6.45, 7) is 4.03. The van der Waals surface area contributed by atoms with E-state index in [0.717, 1.165) is 16.7 Å². The number of aromatic nitrogens is 2. The number of hydrogen-bond donors (Lipinski definition) is 1. The Balaban J connectivity index is 1.79. The van der Waals surface area contributed by atoms with Gasteiger partial charge in [-0.15, -0.1) is 0 Å². The molecule has 126 valence electrons. The Hall–Kier alpha value is -2.34. The number of fused-ring (bicyclic) bond motifs is 1. The van der Waals surface area contributed by atoms with E-state index in [1.807, 2.05) is 54.8 Å². The Morgan fingerprint density at radius 2 is 1.79 bits per heavy atom. The van der Waals surface area contributed by atoms with E-state index >= 15 is 0 Å². The van der Waals surface area contributed by atoms with Crippen molar-refractivity contribution in [3.05, 3.63) is 54.9 Å². The van der Waals surface area contributed by atoms with Crippen molar-refractivity contribution in [3.63, 3.8) is 0 Å². The Morgan fingerprint density at radius 3 is 2.50 bits per heavy atom. The number of benzene rings is 2. The fraction of sp³-hybridized carbons (Fsp3) is 0.278. The van der Waals surface area contributed by atoms with E-state index in [-0.39, 0.29) is 5.75 Å². The normalized spacial score (nSPS) is 12.0. The van der Waals surface area contributed by atoms with Crippen molar-refractivity contribution in [1.82, 2.24) is 9.55 Å². The smallest absolute Gasteiger partial charge is 0.232 e. The van der Waals surface area contributed by atoms with Gasteiger partial charge < -0.3 is 0 Å². The highest BCUT2D eigenvalue weighted by Crippen LogP contribution is 2.20. The molecule has 0 fully saturated rings. The largest absolute Gasteiger partial charge is 0.299 e. The standard InChI is InChI=1S/C18H21N3O2S/c1-14(2)11-12-24(22,23)20-15-7-9-16(10-8-15)21-13-19-17-5-3-4-6-18(17)21/h3-10,13-14,20H,11-12H2,1-2H3. The summed E-state index contributed by atoms with van der Waals surface area (Å²) in [4.78, 5) is 4.37. The zero-order chi connectivity index (χ0) is 17.2. The molecule has 2 aromatic carbocycles. The lowest BCUT2D eigenvalue weighted by atomic mass is 10.2. The van der Waals surface area contributed by atoms with Crippen LogP contribution in [0.25, 0.3) is 16.7 Å². The zero-order valence-corrected chi connectivity index (χ0v) is 14.6. The zero-order valence-electron chi connectivity index (χ0n) is 13.8. The van der Waals surface area contributed by atoms with Gasteiger partial charge in [-0.25, -0.2) is 13.4 Å². The summed E-state index contributed by atoms with van der Waals surface area (Å²) < 4.78 is 28.7. The molecule has 0 aliphatic rings. The molecule has 1 aromatic heterocycles. The molecule has 0 saturated carbocycles. The van der Waals surface area contributed by atoms with E-state index in [9.17, 15) is 8.42 Å². The van der Waals surface area contributed by atoms with E-state index in [1.165, 1.54) is 0 Å². The first-order valence-electron chi connectivity index (χ1n) is 7.98. The molecule has 0 aliphatic carbocycles. The summed E-state index contributed by atoms with van der Waals surface area (Å²) in [5, 5.41) is 0. The molecular weight excluding hydrogens is 322 g/mol. The van der Waals surface area contributed by atoms with Gasteiger partial charge in [0.1, 0.15) is 6.33 Å². The van der Waals surface area contributed by atoms with Gasteiger partial charge in [-0.3, -0.25) is 9.29 Å². The average molecular weight is 343 g/mol. The number of rotatable bonds is 6. The molecule has 0 unspecified atom stereocenters. The van der Waals surface area contributed by atoms with Gasteiger partial charge in [0.2, 0.25) is 10.0 Å². The molecule has 0 spiro atoms. The molecule has 0 amide bonds. The predicted octanol–water partition coefficient (Wildman–Crippen LogP) is 3.81. The summed E-state index contributed by atoms with van der Waals surface area (Å²) in [5.41, 5.74) is 3.46. The minimum atomic E-state index is -3.30. The summed E-state index contributed by atoms with van der Waals surface area (Å²) in [6.07, 6.45) is 2.42. The molecule has 0 saturated heterocycles. The van der Waals surface area contributed by atoms with Crippen molar-refractivity contribution in [1.29, 1.82) is 0 Å². The van der Waals surface area contributed by atoms with E-state index in [2.05, 4.69) is 9.71 Å². The molecule has 0 bridgehead atoms. The van der Waals surface area contributed by atoms with Crippen LogP contribution >= 0.6 is 0 Å². The van der Waals surface area contributed by atoms with Gasteiger partial charge in [0, 0.05) is 11.4 Å². The highest BCUT2D eigenvalue weighted by atomic mass is 32.2. The molecular formula is C18H21N3O2S. The molecule has 3 rings (SSSR count). The summed E-state index contributed by atoms with van der Waals surface area (Å²) in [7, 11) is -3.30. The number of nitrogens with one attached hydrogen (secondary N) is 1. The molecule has 24 heavy (non-hydrogen) atoms. The minimum absolute atomic E-state index is 0.137. The maximum atomic E-state index is 12.1. The first-order valence-corrected chi connectivity index (χ1v) is 9.63. The van der Waals surface area contributed by atoms with E-state index in [1.54, 1.807) is 18.5 Å². The minimum Gasteiger partial charge on any atom is -0.299 e. The van der Waals surface area contributed by atoms with Crippen LogP contribution in [-0.2, 0) is 10.0 Å². The van der Waals surface area contributed by atoms with E-state index in [4.69, 9.17) is 0 Å². The highest BCUT2D eigenvalue weighted by molar-refractivity contribution is 7.92. The number of anilines is 1. The first-order chi connectivity index (χ1) is 11.4. The molecule has 0 aliphatic heterocycles. The van der Waals surface area contributed by atoms with Crippen LogP contribution in [0.3, 0.4) is 0 Å². The van der Waals surface area contributed by atoms with Gasteiger partial charge >= 0.3 is 0 Å². The van der Waals surface area contributed by atoms with E-state index in [0.29, 0.717) is 18.0 Å². The Labute approximate surface area is 142 Å². The monoisotopic (exact) mass is 343 g/mol. The van der Waals surface area contributed by atoms with Crippen molar-refractivity contribution in [3.8, 4) is 5.69 Å². The number of sulfonamides is 1. The van der Waals surface area contributed by atoms with Crippen LogP contribution in [0.4, 0.5) is 5.69 Å².